The van der Waals surface area contributed by atoms with E-state index in [4.69, 9.17) is 0 Å². The molecule has 9 heteroatoms. The van der Waals surface area contributed by atoms with Crippen molar-refractivity contribution < 1.29 is 9.59 Å². The van der Waals surface area contributed by atoms with Gasteiger partial charge in [0.15, 0.2) is 5.65 Å². The highest BCUT2D eigenvalue weighted by Crippen LogP contribution is 2.14. The summed E-state index contributed by atoms with van der Waals surface area (Å²) >= 11 is 3.28. The predicted octanol–water partition coefficient (Wildman–Crippen LogP) is 1.41. The number of aromatic amines is 1. The molecule has 0 aliphatic carbocycles. The van der Waals surface area contributed by atoms with Gasteiger partial charge in [-0.3, -0.25) is 35.0 Å². The molecule has 8 nitrogen and oxygen atoms in total. The minimum atomic E-state index is -0.599. The van der Waals surface area contributed by atoms with Crippen LogP contribution in [0.5, 0.6) is 0 Å². The highest BCUT2D eigenvalue weighted by Gasteiger charge is 2.18. The molecule has 0 aliphatic rings. The number of rotatable bonds is 2. The molecule has 0 fully saturated rings. The third kappa shape index (κ3) is 3.31. The van der Waals surface area contributed by atoms with Gasteiger partial charge in [0.05, 0.1) is 10.9 Å². The molecule has 0 atom stereocenters. The number of hydrogen-bond acceptors (Lipinski definition) is 4. The van der Waals surface area contributed by atoms with Crippen LogP contribution in [0.1, 0.15) is 26.4 Å². The molecule has 2 heterocycles. The van der Waals surface area contributed by atoms with Crippen molar-refractivity contribution in [1.29, 1.82) is 0 Å². The minimum absolute atomic E-state index is 0.139. The predicted molar refractivity (Wildman–Crippen MR) is 95.1 cm³/mol. The van der Waals surface area contributed by atoms with Crippen LogP contribution in [-0.2, 0) is 7.05 Å². The number of nitrogens with zero attached hydrogens (tertiary/aromatic N) is 2. The summed E-state index contributed by atoms with van der Waals surface area (Å²) in [5.41, 5.74) is 5.71. The number of aryl methyl sites for hydroxylation is 2. The molecule has 0 aliphatic heterocycles. The molecule has 3 rings (SSSR count). The van der Waals surface area contributed by atoms with Gasteiger partial charge in [-0.2, -0.15) is 0 Å². The Hall–Kier alpha value is -2.94. The molecular weight excluding hydrogens is 390 g/mol. The number of fused-ring (bicyclic) bond motifs is 1. The van der Waals surface area contributed by atoms with Crippen LogP contribution in [-0.4, -0.2) is 26.6 Å². The minimum Gasteiger partial charge on any atom is -0.270 e. The Morgan fingerprint density at radius 3 is 2.48 bits per heavy atom. The number of nitrogens with one attached hydrogen (secondary N) is 3. The zero-order valence-corrected chi connectivity index (χ0v) is 15.0. The molecule has 0 spiro atoms. The van der Waals surface area contributed by atoms with Crippen LogP contribution in [0.4, 0.5) is 0 Å². The number of pyridine rings is 1. The Balaban J connectivity index is 1.84. The molecular formula is C16H14BrN5O3. The number of amides is 2. The molecule has 3 aromatic rings. The van der Waals surface area contributed by atoms with Crippen LogP contribution < -0.4 is 16.4 Å². The lowest BCUT2D eigenvalue weighted by atomic mass is 10.1. The topological polar surface area (TPSA) is 109 Å². The zero-order valence-electron chi connectivity index (χ0n) is 13.4. The van der Waals surface area contributed by atoms with Gasteiger partial charge in [-0.15, -0.1) is 0 Å². The van der Waals surface area contributed by atoms with Gasteiger partial charge in [-0.1, -0.05) is 15.9 Å². The molecule has 0 unspecified atom stereocenters. The van der Waals surface area contributed by atoms with E-state index in [0.717, 1.165) is 4.47 Å². The molecule has 3 N–H and O–H groups in total. The number of aromatic nitrogens is 3. The summed E-state index contributed by atoms with van der Waals surface area (Å²) in [5, 5.41) is 2.73. The van der Waals surface area contributed by atoms with Gasteiger partial charge in [0.1, 0.15) is 0 Å². The molecule has 0 radical (unpaired) electrons. The van der Waals surface area contributed by atoms with Gasteiger partial charge >= 0.3 is 0 Å². The number of H-pyrrole nitrogens is 1. The third-order valence-corrected chi connectivity index (χ3v) is 4.11. The quantitative estimate of drug-likeness (QED) is 0.561. The second-order valence-corrected chi connectivity index (χ2v) is 6.34. The Labute approximate surface area is 150 Å². The summed E-state index contributed by atoms with van der Waals surface area (Å²) < 4.78 is 2.29. The highest BCUT2D eigenvalue weighted by atomic mass is 79.9. The number of carbonyl (C=O) groups excluding carboxylic acids is 2. The van der Waals surface area contributed by atoms with Crippen LogP contribution in [0.3, 0.4) is 0 Å². The largest absolute Gasteiger partial charge is 0.274 e. The second kappa shape index (κ2) is 6.52. The van der Waals surface area contributed by atoms with E-state index in [1.54, 1.807) is 38.2 Å². The number of halogens is 1. The van der Waals surface area contributed by atoms with Crippen LogP contribution in [0.15, 0.2) is 39.6 Å². The number of benzene rings is 1. The second-order valence-electron chi connectivity index (χ2n) is 5.42. The summed E-state index contributed by atoms with van der Waals surface area (Å²) in [5.74, 6) is -1.07. The van der Waals surface area contributed by atoms with E-state index >= 15 is 0 Å². The Morgan fingerprint density at radius 1 is 1.16 bits per heavy atom. The number of hydrogen-bond donors (Lipinski definition) is 3. The molecule has 1 aromatic carbocycles. The first-order chi connectivity index (χ1) is 11.9. The van der Waals surface area contributed by atoms with Gasteiger partial charge in [0.2, 0.25) is 0 Å². The lowest BCUT2D eigenvalue weighted by Crippen LogP contribution is -2.41. The van der Waals surface area contributed by atoms with Crippen molar-refractivity contribution in [1.82, 2.24) is 25.6 Å². The highest BCUT2D eigenvalue weighted by molar-refractivity contribution is 9.10. The molecule has 0 saturated carbocycles. The van der Waals surface area contributed by atoms with Crippen molar-refractivity contribution in [2.24, 2.45) is 7.05 Å². The van der Waals surface area contributed by atoms with Crippen LogP contribution in [0, 0.1) is 6.92 Å². The normalized spacial score (nSPS) is 10.7. The fourth-order valence-corrected chi connectivity index (χ4v) is 2.68. The Morgan fingerprint density at radius 2 is 1.80 bits per heavy atom. The molecule has 2 aromatic heterocycles. The summed E-state index contributed by atoms with van der Waals surface area (Å²) in [4.78, 5) is 40.8. The van der Waals surface area contributed by atoms with Crippen molar-refractivity contribution in [2.75, 3.05) is 0 Å². The maximum Gasteiger partial charge on any atom is 0.274 e. The van der Waals surface area contributed by atoms with Crippen LogP contribution in [0.2, 0.25) is 0 Å². The van der Waals surface area contributed by atoms with Crippen LogP contribution >= 0.6 is 15.9 Å². The van der Waals surface area contributed by atoms with Crippen molar-refractivity contribution in [3.05, 3.63) is 62.0 Å². The average molecular weight is 404 g/mol. The lowest BCUT2D eigenvalue weighted by molar-refractivity contribution is 0.0847. The zero-order chi connectivity index (χ0) is 18.1. The Bertz CT molecular complexity index is 1040. The lowest BCUT2D eigenvalue weighted by Gasteiger charge is -2.08. The van der Waals surface area contributed by atoms with E-state index in [-0.39, 0.29) is 10.9 Å². The first kappa shape index (κ1) is 16.9. The third-order valence-electron chi connectivity index (χ3n) is 3.58. The monoisotopic (exact) mass is 403 g/mol. The van der Waals surface area contributed by atoms with E-state index in [9.17, 15) is 14.4 Å². The maximum absolute atomic E-state index is 12.4. The first-order valence-electron chi connectivity index (χ1n) is 7.29. The smallest absolute Gasteiger partial charge is 0.270 e. The summed E-state index contributed by atoms with van der Waals surface area (Å²) in [7, 11) is 1.63. The molecule has 0 saturated heterocycles. The number of hydrazine groups is 1. The van der Waals surface area contributed by atoms with Crippen molar-refractivity contribution in [3.8, 4) is 0 Å². The summed E-state index contributed by atoms with van der Waals surface area (Å²) in [6.45, 7) is 1.72. The van der Waals surface area contributed by atoms with E-state index in [1.165, 1.54) is 10.7 Å². The van der Waals surface area contributed by atoms with E-state index < -0.39 is 17.4 Å². The van der Waals surface area contributed by atoms with Crippen LogP contribution in [0.25, 0.3) is 11.0 Å². The molecule has 0 bridgehead atoms. The van der Waals surface area contributed by atoms with E-state index in [2.05, 4.69) is 36.9 Å². The fourth-order valence-electron chi connectivity index (χ4n) is 2.42. The fraction of sp³-hybridized carbons (Fsp3) is 0.125. The molecule has 128 valence electrons. The summed E-state index contributed by atoms with van der Waals surface area (Å²) in [6.07, 6.45) is 0. The molecule has 25 heavy (non-hydrogen) atoms. The van der Waals surface area contributed by atoms with Gasteiger partial charge in [-0.25, -0.2) is 4.98 Å². The van der Waals surface area contributed by atoms with Gasteiger partial charge in [-0.05, 0) is 37.3 Å². The number of carbonyl (C=O) groups is 2. The first-order valence-corrected chi connectivity index (χ1v) is 8.08. The molecule has 2 amide bonds. The van der Waals surface area contributed by atoms with Gasteiger partial charge in [0.25, 0.3) is 17.4 Å². The van der Waals surface area contributed by atoms with Crippen molar-refractivity contribution in [3.63, 3.8) is 0 Å². The van der Waals surface area contributed by atoms with E-state index in [1.807, 2.05) is 0 Å². The summed E-state index contributed by atoms with van der Waals surface area (Å²) in [6, 6.07) is 8.16. The van der Waals surface area contributed by atoms with E-state index in [0.29, 0.717) is 16.9 Å². The SMILES string of the molecule is Cc1cc(C(=O)NNC(=O)c2ccc(Br)cc2)c2c(=O)[nH]n(C)c2n1. The van der Waals surface area contributed by atoms with Crippen molar-refractivity contribution in [2.45, 2.75) is 6.92 Å². The Kier molecular flexibility index (Phi) is 4.41. The van der Waals surface area contributed by atoms with Gasteiger partial charge < -0.3 is 0 Å². The van der Waals surface area contributed by atoms with Crippen molar-refractivity contribution >= 4 is 38.8 Å². The average Bonchev–Trinajstić information content (AvgIpc) is 2.86. The maximum atomic E-state index is 12.4. The standard InChI is InChI=1S/C16H14BrN5O3/c1-8-7-11(12-13(18-8)22(2)21-16(12)25)15(24)20-19-14(23)9-3-5-10(17)6-4-9/h3-7H,1-2H3,(H,19,23)(H,20,24)(H,21,25). The van der Waals surface area contributed by atoms with Gasteiger partial charge in [0, 0.05) is 22.8 Å².